The van der Waals surface area contributed by atoms with Crippen LogP contribution in [0.2, 0.25) is 0 Å². The second-order valence-corrected chi connectivity index (χ2v) is 8.35. The molecule has 3 aromatic carbocycles. The lowest BCUT2D eigenvalue weighted by molar-refractivity contribution is 0.0384. The number of nitrogens with two attached hydrogens (primary N) is 1. The summed E-state index contributed by atoms with van der Waals surface area (Å²) in [5, 5.41) is 11.6. The fraction of sp³-hybridized carbons (Fsp3) is 0.222. The molecule has 1 fully saturated rings. The first-order chi connectivity index (χ1) is 16.2. The smallest absolute Gasteiger partial charge is 0.199 e. The van der Waals surface area contributed by atoms with Crippen LogP contribution in [0.3, 0.4) is 0 Å². The Hall–Kier alpha value is -3.61. The quantitative estimate of drug-likeness (QED) is 0.304. The number of aliphatic imine (C=N–C) groups is 1. The second kappa shape index (κ2) is 9.48. The summed E-state index contributed by atoms with van der Waals surface area (Å²) in [7, 11) is 0. The van der Waals surface area contributed by atoms with Gasteiger partial charge in [-0.2, -0.15) is 0 Å². The first-order valence-corrected chi connectivity index (χ1v) is 11.3. The second-order valence-electron chi connectivity index (χ2n) is 8.35. The number of H-pyrrole nitrogens is 1. The van der Waals surface area contributed by atoms with E-state index in [4.69, 9.17) is 15.5 Å². The van der Waals surface area contributed by atoms with Crippen LogP contribution in [0.15, 0.2) is 77.8 Å². The molecule has 1 aliphatic heterocycles. The number of morpholine rings is 1. The van der Waals surface area contributed by atoms with Crippen LogP contribution in [0.5, 0.6) is 5.88 Å². The molecule has 1 saturated heterocycles. The summed E-state index contributed by atoms with van der Waals surface area (Å²) < 4.78 is 5.43. The van der Waals surface area contributed by atoms with Crippen molar-refractivity contribution >= 4 is 28.0 Å². The molecular weight excluding hydrogens is 412 g/mol. The molecule has 1 aliphatic rings. The number of nitrogen functional groups attached to an aromatic ring is 1. The van der Waals surface area contributed by atoms with E-state index in [1.807, 2.05) is 60.7 Å². The number of rotatable bonds is 6. The molecule has 5 rings (SSSR count). The Morgan fingerprint density at radius 3 is 2.52 bits per heavy atom. The van der Waals surface area contributed by atoms with Crippen LogP contribution in [0.1, 0.15) is 16.7 Å². The minimum Gasteiger partial charge on any atom is -0.494 e. The average Bonchev–Trinajstić information content (AvgIpc) is 3.18. The van der Waals surface area contributed by atoms with Crippen LogP contribution in [0, 0.1) is 0 Å². The fourth-order valence-electron chi connectivity index (χ4n) is 4.27. The highest BCUT2D eigenvalue weighted by Crippen LogP contribution is 2.32. The third-order valence-electron chi connectivity index (χ3n) is 6.08. The molecule has 33 heavy (non-hydrogen) atoms. The van der Waals surface area contributed by atoms with Crippen molar-refractivity contribution in [2.24, 2.45) is 4.99 Å². The van der Waals surface area contributed by atoms with Crippen LogP contribution in [0.4, 0.5) is 11.4 Å². The molecule has 0 bridgehead atoms. The van der Waals surface area contributed by atoms with E-state index in [0.717, 1.165) is 61.4 Å². The van der Waals surface area contributed by atoms with Crippen LogP contribution in [0.25, 0.3) is 10.9 Å². The molecule has 4 aromatic rings. The third kappa shape index (κ3) is 4.77. The lowest BCUT2D eigenvalue weighted by Crippen LogP contribution is -2.37. The average molecular weight is 441 g/mol. The Kier molecular flexibility index (Phi) is 6.11. The zero-order valence-corrected chi connectivity index (χ0v) is 18.5. The van der Waals surface area contributed by atoms with E-state index in [0.29, 0.717) is 17.0 Å². The molecule has 6 heteroatoms. The van der Waals surface area contributed by atoms with Gasteiger partial charge in [-0.05, 0) is 42.3 Å². The number of aromatic amines is 1. The summed E-state index contributed by atoms with van der Waals surface area (Å²) in [6.45, 7) is 4.68. The molecular formula is C27H28N4O2. The van der Waals surface area contributed by atoms with Crippen molar-refractivity contribution < 1.29 is 9.84 Å². The number of benzene rings is 3. The Labute approximate surface area is 193 Å². The van der Waals surface area contributed by atoms with E-state index in [-0.39, 0.29) is 5.88 Å². The molecule has 0 unspecified atom stereocenters. The fourth-order valence-corrected chi connectivity index (χ4v) is 4.27. The molecule has 0 spiro atoms. The SMILES string of the molecule is Nc1ccc2[nH]c(O)c(C(=Nc3ccc(CCN4CCOCC4)cc3)c3ccccc3)c2c1. The summed E-state index contributed by atoms with van der Waals surface area (Å²) in [4.78, 5) is 10.5. The number of hydrogen-bond donors (Lipinski definition) is 3. The van der Waals surface area contributed by atoms with E-state index in [9.17, 15) is 5.11 Å². The number of anilines is 1. The number of ether oxygens (including phenoxy) is 1. The van der Waals surface area contributed by atoms with Crippen LogP contribution < -0.4 is 5.73 Å². The standard InChI is InChI=1S/C27H28N4O2/c28-21-8-11-24-23(18-21)25(27(32)30-24)26(20-4-2-1-3-5-20)29-22-9-6-19(7-10-22)12-13-31-14-16-33-17-15-31/h1-11,18,30,32H,12-17,28H2. The van der Waals surface area contributed by atoms with Crippen molar-refractivity contribution in [1.29, 1.82) is 0 Å². The first kappa shape index (κ1) is 21.2. The van der Waals surface area contributed by atoms with E-state index in [1.54, 1.807) is 0 Å². The monoisotopic (exact) mass is 440 g/mol. The van der Waals surface area contributed by atoms with Crippen molar-refractivity contribution in [3.63, 3.8) is 0 Å². The Morgan fingerprint density at radius 2 is 1.76 bits per heavy atom. The summed E-state index contributed by atoms with van der Waals surface area (Å²) in [5.74, 6) is 0.0836. The van der Waals surface area contributed by atoms with Crippen LogP contribution >= 0.6 is 0 Å². The van der Waals surface area contributed by atoms with Gasteiger partial charge in [0.2, 0.25) is 0 Å². The van der Waals surface area contributed by atoms with Crippen molar-refractivity contribution in [2.45, 2.75) is 6.42 Å². The highest BCUT2D eigenvalue weighted by Gasteiger charge is 2.19. The largest absolute Gasteiger partial charge is 0.494 e. The van der Waals surface area contributed by atoms with E-state index >= 15 is 0 Å². The first-order valence-electron chi connectivity index (χ1n) is 11.3. The predicted octanol–water partition coefficient (Wildman–Crippen LogP) is 4.50. The Morgan fingerprint density at radius 1 is 1.00 bits per heavy atom. The minimum atomic E-state index is 0.0836. The summed E-state index contributed by atoms with van der Waals surface area (Å²) in [6.07, 6.45) is 0.998. The van der Waals surface area contributed by atoms with Gasteiger partial charge in [0, 0.05) is 41.8 Å². The van der Waals surface area contributed by atoms with E-state index in [1.165, 1.54) is 5.56 Å². The topological polar surface area (TPSA) is 86.9 Å². The zero-order valence-electron chi connectivity index (χ0n) is 18.5. The lowest BCUT2D eigenvalue weighted by atomic mass is 10.0. The number of aromatic nitrogens is 1. The number of nitrogens with one attached hydrogen (secondary N) is 1. The Bertz CT molecular complexity index is 1260. The van der Waals surface area contributed by atoms with Gasteiger partial charge in [0.25, 0.3) is 0 Å². The summed E-state index contributed by atoms with van der Waals surface area (Å²) >= 11 is 0. The summed E-state index contributed by atoms with van der Waals surface area (Å²) in [5.41, 5.74) is 11.9. The van der Waals surface area contributed by atoms with Crippen molar-refractivity contribution in [3.05, 3.63) is 89.5 Å². The van der Waals surface area contributed by atoms with Gasteiger partial charge in [0.15, 0.2) is 5.88 Å². The highest BCUT2D eigenvalue weighted by atomic mass is 16.5. The zero-order chi connectivity index (χ0) is 22.6. The van der Waals surface area contributed by atoms with Crippen LogP contribution in [-0.4, -0.2) is 53.6 Å². The molecule has 0 atom stereocenters. The Balaban J connectivity index is 1.47. The number of hydrogen-bond acceptors (Lipinski definition) is 5. The minimum absolute atomic E-state index is 0.0836. The van der Waals surface area contributed by atoms with Gasteiger partial charge in [0.05, 0.1) is 30.2 Å². The van der Waals surface area contributed by atoms with Crippen LogP contribution in [-0.2, 0) is 11.2 Å². The molecule has 6 nitrogen and oxygen atoms in total. The van der Waals surface area contributed by atoms with Gasteiger partial charge in [-0.3, -0.25) is 4.90 Å². The van der Waals surface area contributed by atoms with Crippen molar-refractivity contribution in [3.8, 4) is 5.88 Å². The van der Waals surface area contributed by atoms with Gasteiger partial charge in [-0.15, -0.1) is 0 Å². The highest BCUT2D eigenvalue weighted by molar-refractivity contribution is 6.22. The molecule has 168 valence electrons. The molecule has 4 N–H and O–H groups in total. The third-order valence-corrected chi connectivity index (χ3v) is 6.08. The number of nitrogens with zero attached hydrogens (tertiary/aromatic N) is 2. The normalized spacial score (nSPS) is 15.2. The van der Waals surface area contributed by atoms with Crippen molar-refractivity contribution in [2.75, 3.05) is 38.6 Å². The number of fused-ring (bicyclic) bond motifs is 1. The maximum absolute atomic E-state index is 10.8. The predicted molar refractivity (Wildman–Crippen MR) is 134 cm³/mol. The van der Waals surface area contributed by atoms with E-state index < -0.39 is 0 Å². The van der Waals surface area contributed by atoms with E-state index in [2.05, 4.69) is 22.0 Å². The van der Waals surface area contributed by atoms with Gasteiger partial charge in [0.1, 0.15) is 0 Å². The lowest BCUT2D eigenvalue weighted by Gasteiger charge is -2.26. The molecule has 0 radical (unpaired) electrons. The van der Waals surface area contributed by atoms with Crippen molar-refractivity contribution in [1.82, 2.24) is 9.88 Å². The molecule has 2 heterocycles. The van der Waals surface area contributed by atoms with Gasteiger partial charge >= 0.3 is 0 Å². The molecule has 0 amide bonds. The molecule has 0 aliphatic carbocycles. The maximum atomic E-state index is 10.8. The summed E-state index contributed by atoms with van der Waals surface area (Å²) in [6, 6.07) is 23.8. The van der Waals surface area contributed by atoms with Gasteiger partial charge in [-0.25, -0.2) is 4.99 Å². The van der Waals surface area contributed by atoms with Gasteiger partial charge in [-0.1, -0.05) is 42.5 Å². The number of aromatic hydroxyl groups is 1. The maximum Gasteiger partial charge on any atom is 0.199 e. The molecule has 1 aromatic heterocycles. The molecule has 0 saturated carbocycles. The van der Waals surface area contributed by atoms with Gasteiger partial charge < -0.3 is 20.6 Å².